The molecular weight excluding hydrogens is 244 g/mol. The van der Waals surface area contributed by atoms with Crippen molar-refractivity contribution < 1.29 is 14.6 Å². The summed E-state index contributed by atoms with van der Waals surface area (Å²) in [5.41, 5.74) is 0.955. The molecule has 0 atom stereocenters. The Balaban J connectivity index is 2.43. The highest BCUT2D eigenvalue weighted by atomic mass is 16.5. The molecule has 0 fully saturated rings. The highest BCUT2D eigenvalue weighted by molar-refractivity contribution is 5.91. The quantitative estimate of drug-likeness (QED) is 0.910. The second kappa shape index (κ2) is 5.19. The van der Waals surface area contributed by atoms with E-state index in [-0.39, 0.29) is 22.9 Å². The molecule has 1 aromatic heterocycles. The van der Waals surface area contributed by atoms with Crippen LogP contribution in [-0.4, -0.2) is 16.1 Å². The normalized spacial score (nSPS) is 9.68. The van der Waals surface area contributed by atoms with E-state index in [0.29, 0.717) is 5.56 Å². The summed E-state index contributed by atoms with van der Waals surface area (Å²) in [6, 6.07) is 11.5. The molecule has 0 saturated carbocycles. The topological polar surface area (TPSA) is 83.2 Å². The largest absolute Gasteiger partial charge is 0.478 e. The Bertz CT molecular complexity index is 675. The van der Waals surface area contributed by atoms with E-state index in [1.54, 1.807) is 37.3 Å². The van der Waals surface area contributed by atoms with Gasteiger partial charge in [0.2, 0.25) is 5.88 Å². The molecule has 5 nitrogen and oxygen atoms in total. The van der Waals surface area contributed by atoms with Gasteiger partial charge < -0.3 is 9.84 Å². The van der Waals surface area contributed by atoms with Crippen molar-refractivity contribution in [1.29, 1.82) is 5.26 Å². The lowest BCUT2D eigenvalue weighted by Gasteiger charge is -2.10. The maximum atomic E-state index is 11.1. The fourth-order valence-electron chi connectivity index (χ4n) is 1.59. The first kappa shape index (κ1) is 12.6. The first-order valence-corrected chi connectivity index (χ1v) is 5.49. The van der Waals surface area contributed by atoms with Gasteiger partial charge in [-0.05, 0) is 24.6 Å². The Labute approximate surface area is 109 Å². The fraction of sp³-hybridized carbons (Fsp3) is 0.0714. The fourth-order valence-corrected chi connectivity index (χ4v) is 1.59. The molecule has 2 rings (SSSR count). The molecule has 1 aromatic carbocycles. The monoisotopic (exact) mass is 254 g/mol. The first-order chi connectivity index (χ1) is 9.11. The van der Waals surface area contributed by atoms with Crippen LogP contribution in [0.5, 0.6) is 11.6 Å². The van der Waals surface area contributed by atoms with Crippen LogP contribution in [0.25, 0.3) is 0 Å². The molecule has 0 saturated heterocycles. The van der Waals surface area contributed by atoms with Gasteiger partial charge in [0.15, 0.2) is 0 Å². The van der Waals surface area contributed by atoms with E-state index in [1.807, 2.05) is 6.07 Å². The van der Waals surface area contributed by atoms with Gasteiger partial charge >= 0.3 is 5.97 Å². The third kappa shape index (κ3) is 2.69. The lowest BCUT2D eigenvalue weighted by Crippen LogP contribution is -2.02. The predicted molar refractivity (Wildman–Crippen MR) is 67.2 cm³/mol. The lowest BCUT2D eigenvalue weighted by molar-refractivity contribution is 0.0694. The summed E-state index contributed by atoms with van der Waals surface area (Å²) in [5.74, 6) is -0.649. The van der Waals surface area contributed by atoms with Gasteiger partial charge in [-0.15, -0.1) is 0 Å². The van der Waals surface area contributed by atoms with E-state index >= 15 is 0 Å². The molecule has 2 aromatic rings. The van der Waals surface area contributed by atoms with Crippen molar-refractivity contribution in [1.82, 2.24) is 4.98 Å². The molecule has 0 amide bonds. The number of carboxylic acid groups (broad SMARTS) is 1. The van der Waals surface area contributed by atoms with Crippen LogP contribution in [0.2, 0.25) is 0 Å². The Kier molecular flexibility index (Phi) is 3.44. The smallest absolute Gasteiger partial charge is 0.339 e. The zero-order valence-electron chi connectivity index (χ0n) is 10.1. The zero-order valence-corrected chi connectivity index (χ0v) is 10.1. The van der Waals surface area contributed by atoms with Gasteiger partial charge in [0.25, 0.3) is 0 Å². The number of benzene rings is 1. The standard InChI is InChI=1S/C14H10N2O3/c1-9-4-2-6-11(14(17)18)13(9)19-12-7-3-5-10(8-15)16-12/h2-7H,1H3,(H,17,18). The van der Waals surface area contributed by atoms with E-state index in [4.69, 9.17) is 15.1 Å². The number of aryl methyl sites for hydroxylation is 1. The van der Waals surface area contributed by atoms with Crippen molar-refractivity contribution in [2.24, 2.45) is 0 Å². The van der Waals surface area contributed by atoms with E-state index < -0.39 is 5.97 Å². The number of rotatable bonds is 3. The van der Waals surface area contributed by atoms with Gasteiger partial charge in [-0.25, -0.2) is 9.78 Å². The summed E-state index contributed by atoms with van der Waals surface area (Å²) in [5, 5.41) is 17.9. The zero-order chi connectivity index (χ0) is 13.8. The molecule has 1 heterocycles. The number of ether oxygens (including phenoxy) is 1. The number of hydrogen-bond donors (Lipinski definition) is 1. The van der Waals surface area contributed by atoms with Crippen LogP contribution in [0, 0.1) is 18.3 Å². The molecular formula is C14H10N2O3. The minimum Gasteiger partial charge on any atom is -0.478 e. The molecule has 5 heteroatoms. The van der Waals surface area contributed by atoms with E-state index in [1.165, 1.54) is 6.07 Å². The predicted octanol–water partition coefficient (Wildman–Crippen LogP) is 2.75. The summed E-state index contributed by atoms with van der Waals surface area (Å²) in [7, 11) is 0. The third-order valence-corrected chi connectivity index (χ3v) is 2.49. The highest BCUT2D eigenvalue weighted by Crippen LogP contribution is 2.28. The van der Waals surface area contributed by atoms with Gasteiger partial charge in [0, 0.05) is 6.07 Å². The lowest BCUT2D eigenvalue weighted by atomic mass is 10.1. The van der Waals surface area contributed by atoms with Gasteiger partial charge in [-0.3, -0.25) is 0 Å². The molecule has 0 spiro atoms. The van der Waals surface area contributed by atoms with Crippen LogP contribution >= 0.6 is 0 Å². The SMILES string of the molecule is Cc1cccc(C(=O)O)c1Oc1cccc(C#N)n1. The van der Waals surface area contributed by atoms with E-state index in [9.17, 15) is 4.79 Å². The van der Waals surface area contributed by atoms with Crippen LogP contribution in [-0.2, 0) is 0 Å². The summed E-state index contributed by atoms with van der Waals surface area (Å²) in [6.45, 7) is 1.75. The van der Waals surface area contributed by atoms with Crippen molar-refractivity contribution in [3.63, 3.8) is 0 Å². The number of nitrogens with zero attached hydrogens (tertiary/aromatic N) is 2. The highest BCUT2D eigenvalue weighted by Gasteiger charge is 2.14. The first-order valence-electron chi connectivity index (χ1n) is 5.49. The van der Waals surface area contributed by atoms with Gasteiger partial charge in [-0.1, -0.05) is 18.2 Å². The Morgan fingerprint density at radius 1 is 1.32 bits per heavy atom. The van der Waals surface area contributed by atoms with Crippen LogP contribution in [0.4, 0.5) is 0 Å². The summed E-state index contributed by atoms with van der Waals surface area (Å²) < 4.78 is 5.50. The number of hydrogen-bond acceptors (Lipinski definition) is 4. The van der Waals surface area contributed by atoms with Gasteiger partial charge in [-0.2, -0.15) is 5.26 Å². The van der Waals surface area contributed by atoms with E-state index in [0.717, 1.165) is 0 Å². The molecule has 0 aliphatic rings. The summed E-state index contributed by atoms with van der Waals surface area (Å²) in [6.07, 6.45) is 0. The van der Waals surface area contributed by atoms with Crippen molar-refractivity contribution >= 4 is 5.97 Å². The molecule has 19 heavy (non-hydrogen) atoms. The average Bonchev–Trinajstić information content (AvgIpc) is 2.41. The molecule has 0 aliphatic heterocycles. The van der Waals surface area contributed by atoms with Crippen LogP contribution in [0.15, 0.2) is 36.4 Å². The Hall–Kier alpha value is -2.87. The number of para-hydroxylation sites is 1. The van der Waals surface area contributed by atoms with Crippen molar-refractivity contribution in [3.8, 4) is 17.7 Å². The third-order valence-electron chi connectivity index (χ3n) is 2.49. The number of carbonyl (C=O) groups is 1. The van der Waals surface area contributed by atoms with Crippen LogP contribution in [0.1, 0.15) is 21.6 Å². The van der Waals surface area contributed by atoms with Crippen molar-refractivity contribution in [3.05, 3.63) is 53.2 Å². The van der Waals surface area contributed by atoms with Crippen molar-refractivity contribution in [2.45, 2.75) is 6.92 Å². The molecule has 1 N–H and O–H groups in total. The second-order valence-corrected chi connectivity index (χ2v) is 3.83. The molecule has 0 radical (unpaired) electrons. The van der Waals surface area contributed by atoms with E-state index in [2.05, 4.69) is 4.98 Å². The number of pyridine rings is 1. The minimum absolute atomic E-state index is 0.0594. The molecule has 94 valence electrons. The van der Waals surface area contributed by atoms with Gasteiger partial charge in [0.05, 0.1) is 0 Å². The molecule has 0 bridgehead atoms. The minimum atomic E-state index is -1.07. The number of carboxylic acids is 1. The maximum Gasteiger partial charge on any atom is 0.339 e. The number of nitriles is 1. The average molecular weight is 254 g/mol. The summed E-state index contributed by atoms with van der Waals surface area (Å²) in [4.78, 5) is 15.1. The summed E-state index contributed by atoms with van der Waals surface area (Å²) >= 11 is 0. The number of aromatic nitrogens is 1. The van der Waals surface area contributed by atoms with Crippen molar-refractivity contribution in [2.75, 3.05) is 0 Å². The molecule has 0 aliphatic carbocycles. The molecule has 0 unspecified atom stereocenters. The maximum absolute atomic E-state index is 11.1. The van der Waals surface area contributed by atoms with Crippen LogP contribution in [0.3, 0.4) is 0 Å². The second-order valence-electron chi connectivity index (χ2n) is 3.83. The Morgan fingerprint density at radius 2 is 2.05 bits per heavy atom. The number of aromatic carboxylic acids is 1. The van der Waals surface area contributed by atoms with Crippen LogP contribution < -0.4 is 4.74 Å². The Morgan fingerprint density at radius 3 is 2.74 bits per heavy atom. The van der Waals surface area contributed by atoms with Gasteiger partial charge in [0.1, 0.15) is 23.1 Å².